The van der Waals surface area contributed by atoms with Gasteiger partial charge in [-0.25, -0.2) is 13.8 Å². The molecule has 0 aromatic heterocycles. The number of hydrogen-bond donors (Lipinski definition) is 2. The van der Waals surface area contributed by atoms with E-state index in [1.165, 1.54) is 41.9 Å². The van der Waals surface area contributed by atoms with E-state index >= 15 is 0 Å². The Bertz CT molecular complexity index is 1280. The highest BCUT2D eigenvalue weighted by molar-refractivity contribution is 7.92. The minimum Gasteiger partial charge on any atom is -0.504 e. The van der Waals surface area contributed by atoms with E-state index in [0.29, 0.717) is 21.8 Å². The number of benzene rings is 3. The van der Waals surface area contributed by atoms with E-state index in [1.807, 2.05) is 0 Å². The molecule has 0 saturated heterocycles. The number of anilines is 1. The Morgan fingerprint density at radius 2 is 1.82 bits per heavy atom. The monoisotopic (exact) mass is 487 g/mol. The van der Waals surface area contributed by atoms with Crippen molar-refractivity contribution in [2.24, 2.45) is 5.10 Å². The molecule has 0 bridgehead atoms. The molecule has 0 aliphatic heterocycles. The van der Waals surface area contributed by atoms with Crippen LogP contribution in [0.25, 0.3) is 0 Å². The van der Waals surface area contributed by atoms with Crippen LogP contribution >= 0.6 is 11.6 Å². The number of aromatic hydroxyl groups is 1. The van der Waals surface area contributed by atoms with E-state index in [9.17, 15) is 18.3 Å². The number of carbonyl (C=O) groups excluding carboxylic acids is 1. The Kier molecular flexibility index (Phi) is 7.57. The van der Waals surface area contributed by atoms with Crippen LogP contribution in [0.3, 0.4) is 0 Å². The molecule has 8 nitrogen and oxygen atoms in total. The number of nitrogens with zero attached hydrogens (tertiary/aromatic N) is 2. The molecular formula is C23H22ClN3O5S. The summed E-state index contributed by atoms with van der Waals surface area (Å²) in [6, 6.07) is 17.9. The number of phenolic OH excluding ortho intramolecular Hbond substituents is 1. The van der Waals surface area contributed by atoms with Crippen LogP contribution in [0.4, 0.5) is 5.69 Å². The number of rotatable bonds is 8. The quantitative estimate of drug-likeness (QED) is 0.371. The van der Waals surface area contributed by atoms with Crippen molar-refractivity contribution in [3.8, 4) is 11.5 Å². The number of amides is 1. The molecule has 2 N–H and O–H groups in total. The number of halogens is 1. The molecule has 0 fully saturated rings. The summed E-state index contributed by atoms with van der Waals surface area (Å²) in [4.78, 5) is 12.4. The van der Waals surface area contributed by atoms with Crippen LogP contribution in [0.5, 0.6) is 11.5 Å². The second-order valence-corrected chi connectivity index (χ2v) is 9.32. The summed E-state index contributed by atoms with van der Waals surface area (Å²) >= 11 is 6.18. The maximum atomic E-state index is 12.4. The molecule has 0 unspecified atom stereocenters. The first kappa shape index (κ1) is 24.1. The molecule has 3 aromatic carbocycles. The van der Waals surface area contributed by atoms with Gasteiger partial charge in [-0.3, -0.25) is 9.10 Å². The van der Waals surface area contributed by atoms with Gasteiger partial charge in [-0.15, -0.1) is 0 Å². The molecule has 0 aliphatic carbocycles. The van der Waals surface area contributed by atoms with Crippen molar-refractivity contribution in [1.29, 1.82) is 0 Å². The van der Waals surface area contributed by atoms with Crippen LogP contribution in [0.2, 0.25) is 5.02 Å². The lowest BCUT2D eigenvalue weighted by molar-refractivity contribution is 0.0955. The minimum absolute atomic E-state index is 0.0539. The largest absolute Gasteiger partial charge is 0.504 e. The Balaban J connectivity index is 1.74. The van der Waals surface area contributed by atoms with E-state index in [4.69, 9.17) is 16.3 Å². The number of methoxy groups -OCH3 is 1. The van der Waals surface area contributed by atoms with Crippen LogP contribution in [-0.4, -0.2) is 39.0 Å². The third-order valence-electron chi connectivity index (χ3n) is 4.71. The highest BCUT2D eigenvalue weighted by Crippen LogP contribution is 2.28. The Hall–Kier alpha value is -3.56. The van der Waals surface area contributed by atoms with Crippen molar-refractivity contribution < 1.29 is 23.1 Å². The molecule has 33 heavy (non-hydrogen) atoms. The lowest BCUT2D eigenvalue weighted by atomic mass is 10.2. The summed E-state index contributed by atoms with van der Waals surface area (Å²) in [5.74, 6) is -0.313. The van der Waals surface area contributed by atoms with Gasteiger partial charge in [0.25, 0.3) is 5.91 Å². The summed E-state index contributed by atoms with van der Waals surface area (Å²) in [6.07, 6.45) is 2.40. The predicted octanol–water partition coefficient (Wildman–Crippen LogP) is 3.78. The van der Waals surface area contributed by atoms with Gasteiger partial charge in [0, 0.05) is 16.1 Å². The third-order valence-corrected chi connectivity index (χ3v) is 6.22. The SMILES string of the molecule is COc1cccc(/C=N\NC(=O)c2ccc(N(Cc3ccccc3Cl)S(C)(=O)=O)cc2)c1O. The third kappa shape index (κ3) is 6.03. The molecule has 10 heteroatoms. The number of hydrogen-bond acceptors (Lipinski definition) is 6. The fourth-order valence-electron chi connectivity index (χ4n) is 2.99. The van der Waals surface area contributed by atoms with E-state index in [-0.39, 0.29) is 23.6 Å². The van der Waals surface area contributed by atoms with E-state index < -0.39 is 15.9 Å². The van der Waals surface area contributed by atoms with Gasteiger partial charge in [-0.05, 0) is 48.0 Å². The number of ether oxygens (including phenoxy) is 1. The highest BCUT2D eigenvalue weighted by Gasteiger charge is 2.19. The smallest absolute Gasteiger partial charge is 0.271 e. The molecule has 0 atom stereocenters. The zero-order valence-electron chi connectivity index (χ0n) is 17.9. The van der Waals surface area contributed by atoms with Crippen LogP contribution < -0.4 is 14.5 Å². The van der Waals surface area contributed by atoms with E-state index in [2.05, 4.69) is 10.5 Å². The predicted molar refractivity (Wildman–Crippen MR) is 129 cm³/mol. The van der Waals surface area contributed by atoms with Gasteiger partial charge in [0.05, 0.1) is 31.8 Å². The van der Waals surface area contributed by atoms with Crippen LogP contribution in [0.1, 0.15) is 21.5 Å². The molecule has 0 aliphatic rings. The van der Waals surface area contributed by atoms with Gasteiger partial charge in [0.15, 0.2) is 11.5 Å². The van der Waals surface area contributed by atoms with Crippen LogP contribution in [-0.2, 0) is 16.6 Å². The first-order valence-electron chi connectivity index (χ1n) is 9.71. The molecule has 172 valence electrons. The number of nitrogens with one attached hydrogen (secondary N) is 1. The van der Waals surface area contributed by atoms with Gasteiger partial charge < -0.3 is 9.84 Å². The van der Waals surface area contributed by atoms with Gasteiger partial charge in [0.1, 0.15) is 0 Å². The number of sulfonamides is 1. The van der Waals surface area contributed by atoms with Gasteiger partial charge in [-0.1, -0.05) is 35.9 Å². The summed E-state index contributed by atoms with van der Waals surface area (Å²) in [5.41, 5.74) is 4.05. The number of para-hydroxylation sites is 1. The summed E-state index contributed by atoms with van der Waals surface area (Å²) < 4.78 is 31.0. The van der Waals surface area contributed by atoms with Crippen molar-refractivity contribution in [2.75, 3.05) is 17.7 Å². The Morgan fingerprint density at radius 3 is 2.45 bits per heavy atom. The molecule has 0 saturated carbocycles. The molecule has 3 rings (SSSR count). The normalized spacial score (nSPS) is 11.4. The lowest BCUT2D eigenvalue weighted by Gasteiger charge is -2.23. The number of phenols is 1. The number of carbonyl (C=O) groups is 1. The second-order valence-electron chi connectivity index (χ2n) is 7.01. The maximum absolute atomic E-state index is 12.4. The zero-order chi connectivity index (χ0) is 24.0. The summed E-state index contributed by atoms with van der Waals surface area (Å²) in [6.45, 7) is 0.0539. The molecule has 0 radical (unpaired) electrons. The van der Waals surface area contributed by atoms with Crippen molar-refractivity contribution >= 4 is 39.4 Å². The average Bonchev–Trinajstić information content (AvgIpc) is 2.79. The van der Waals surface area contributed by atoms with Crippen molar-refractivity contribution in [1.82, 2.24) is 5.43 Å². The van der Waals surface area contributed by atoms with E-state index in [0.717, 1.165) is 6.26 Å². The van der Waals surface area contributed by atoms with Gasteiger partial charge in [-0.2, -0.15) is 5.10 Å². The van der Waals surface area contributed by atoms with Crippen molar-refractivity contribution in [2.45, 2.75) is 6.54 Å². The second kappa shape index (κ2) is 10.4. The first-order chi connectivity index (χ1) is 15.7. The summed E-state index contributed by atoms with van der Waals surface area (Å²) in [7, 11) is -2.17. The van der Waals surface area contributed by atoms with Crippen LogP contribution in [0.15, 0.2) is 71.8 Å². The Labute approximate surface area is 197 Å². The van der Waals surface area contributed by atoms with Crippen LogP contribution in [0, 0.1) is 0 Å². The molecule has 1 amide bonds. The average molecular weight is 488 g/mol. The maximum Gasteiger partial charge on any atom is 0.271 e. The lowest BCUT2D eigenvalue weighted by Crippen LogP contribution is -2.29. The number of hydrazone groups is 1. The molecule has 0 spiro atoms. The fraction of sp³-hybridized carbons (Fsp3) is 0.130. The summed E-state index contributed by atoms with van der Waals surface area (Å²) in [5, 5.41) is 14.4. The Morgan fingerprint density at radius 1 is 1.12 bits per heavy atom. The topological polar surface area (TPSA) is 108 Å². The fourth-order valence-corrected chi connectivity index (χ4v) is 4.07. The van der Waals surface area contributed by atoms with Gasteiger partial charge in [0.2, 0.25) is 10.0 Å². The minimum atomic E-state index is -3.60. The highest BCUT2D eigenvalue weighted by atomic mass is 35.5. The molecule has 0 heterocycles. The standard InChI is InChI=1S/C23H22ClN3O5S/c1-32-21-9-5-7-17(22(21)28)14-25-26-23(29)16-10-12-19(13-11-16)27(33(2,30)31)15-18-6-3-4-8-20(18)24/h3-14,28H,15H2,1-2H3,(H,26,29)/b25-14-. The zero-order valence-corrected chi connectivity index (χ0v) is 19.5. The van der Waals surface area contributed by atoms with Gasteiger partial charge >= 0.3 is 0 Å². The molecule has 3 aromatic rings. The first-order valence-corrected chi connectivity index (χ1v) is 11.9. The van der Waals surface area contributed by atoms with Crippen molar-refractivity contribution in [3.05, 3.63) is 88.4 Å². The van der Waals surface area contributed by atoms with E-state index in [1.54, 1.807) is 42.5 Å². The van der Waals surface area contributed by atoms with Crippen molar-refractivity contribution in [3.63, 3.8) is 0 Å². The molecular weight excluding hydrogens is 466 g/mol.